The average molecular weight is 369 g/mol. The molecule has 0 unspecified atom stereocenters. The smallest absolute Gasteiger partial charge is 0.236 e. The van der Waals surface area contributed by atoms with E-state index >= 15 is 0 Å². The number of rotatable bonds is 4. The molecule has 0 aromatic heterocycles. The van der Waals surface area contributed by atoms with Gasteiger partial charge in [0.25, 0.3) is 0 Å². The number of halogens is 1. The van der Waals surface area contributed by atoms with Crippen molar-refractivity contribution in [2.75, 3.05) is 45.5 Å². The summed E-state index contributed by atoms with van der Waals surface area (Å²) in [5.41, 5.74) is 1.04. The van der Waals surface area contributed by atoms with Crippen LogP contribution in [0.3, 0.4) is 0 Å². The molecule has 1 aromatic carbocycles. The summed E-state index contributed by atoms with van der Waals surface area (Å²) in [5.74, 6) is -0.227. The van der Waals surface area contributed by atoms with Gasteiger partial charge >= 0.3 is 0 Å². The van der Waals surface area contributed by atoms with Crippen molar-refractivity contribution < 1.29 is 17.6 Å². The number of likely N-dealkylation sites (tertiary alicyclic amines) is 1. The molecular formula is C17H24FN3O3S. The van der Waals surface area contributed by atoms with Gasteiger partial charge in [0.05, 0.1) is 12.8 Å². The summed E-state index contributed by atoms with van der Waals surface area (Å²) in [6.45, 7) is 2.73. The quantitative estimate of drug-likeness (QED) is 0.797. The molecule has 1 amide bonds. The van der Waals surface area contributed by atoms with Crippen molar-refractivity contribution in [1.29, 1.82) is 0 Å². The van der Waals surface area contributed by atoms with Crippen LogP contribution in [-0.4, -0.2) is 74.0 Å². The van der Waals surface area contributed by atoms with Gasteiger partial charge in [-0.3, -0.25) is 9.69 Å². The van der Waals surface area contributed by atoms with E-state index in [1.54, 1.807) is 17.0 Å². The number of amides is 1. The molecule has 2 heterocycles. The Kier molecular flexibility index (Phi) is 5.41. The van der Waals surface area contributed by atoms with E-state index in [0.717, 1.165) is 24.9 Å². The van der Waals surface area contributed by atoms with Crippen molar-refractivity contribution in [3.8, 4) is 0 Å². The minimum Gasteiger partial charge on any atom is -0.339 e. The highest BCUT2D eigenvalue weighted by atomic mass is 32.2. The molecule has 1 atom stereocenters. The van der Waals surface area contributed by atoms with E-state index in [-0.39, 0.29) is 17.8 Å². The third-order valence-corrected chi connectivity index (χ3v) is 6.32. The van der Waals surface area contributed by atoms with Crippen LogP contribution in [0.15, 0.2) is 24.3 Å². The predicted molar refractivity (Wildman–Crippen MR) is 92.9 cm³/mol. The first-order valence-corrected chi connectivity index (χ1v) is 10.4. The lowest BCUT2D eigenvalue weighted by atomic mass is 10.0. The molecule has 0 saturated carbocycles. The van der Waals surface area contributed by atoms with Crippen LogP contribution in [0, 0.1) is 5.82 Å². The average Bonchev–Trinajstić information content (AvgIpc) is 3.03. The Morgan fingerprint density at radius 2 is 1.76 bits per heavy atom. The number of hydrogen-bond donors (Lipinski definition) is 0. The van der Waals surface area contributed by atoms with E-state index in [1.807, 2.05) is 0 Å². The molecule has 3 rings (SSSR count). The molecular weight excluding hydrogens is 345 g/mol. The van der Waals surface area contributed by atoms with Crippen LogP contribution in [-0.2, 0) is 14.8 Å². The molecule has 0 radical (unpaired) electrons. The highest BCUT2D eigenvalue weighted by molar-refractivity contribution is 7.88. The van der Waals surface area contributed by atoms with Crippen molar-refractivity contribution in [2.24, 2.45) is 0 Å². The summed E-state index contributed by atoms with van der Waals surface area (Å²) in [4.78, 5) is 16.5. The van der Waals surface area contributed by atoms with Gasteiger partial charge in [-0.25, -0.2) is 12.8 Å². The van der Waals surface area contributed by atoms with Crippen LogP contribution < -0.4 is 0 Å². The third kappa shape index (κ3) is 4.37. The van der Waals surface area contributed by atoms with E-state index in [1.165, 1.54) is 22.7 Å². The van der Waals surface area contributed by atoms with Gasteiger partial charge in [0.2, 0.25) is 15.9 Å². The van der Waals surface area contributed by atoms with Gasteiger partial charge in [-0.05, 0) is 37.1 Å². The fourth-order valence-electron chi connectivity index (χ4n) is 3.62. The second kappa shape index (κ2) is 7.39. The number of carbonyl (C=O) groups is 1. The molecule has 0 aliphatic carbocycles. The van der Waals surface area contributed by atoms with Crippen molar-refractivity contribution in [2.45, 2.75) is 18.9 Å². The fraction of sp³-hybridized carbons (Fsp3) is 0.588. The molecule has 2 fully saturated rings. The summed E-state index contributed by atoms with van der Waals surface area (Å²) in [5, 5.41) is 0. The summed E-state index contributed by atoms with van der Waals surface area (Å²) < 4.78 is 37.6. The maximum absolute atomic E-state index is 13.1. The normalized spacial score (nSPS) is 23.1. The Morgan fingerprint density at radius 3 is 2.36 bits per heavy atom. The number of hydrogen-bond acceptors (Lipinski definition) is 4. The zero-order valence-corrected chi connectivity index (χ0v) is 15.2. The van der Waals surface area contributed by atoms with Crippen molar-refractivity contribution in [1.82, 2.24) is 14.1 Å². The number of benzene rings is 1. The van der Waals surface area contributed by atoms with Gasteiger partial charge in [-0.1, -0.05) is 12.1 Å². The van der Waals surface area contributed by atoms with E-state index in [4.69, 9.17) is 0 Å². The summed E-state index contributed by atoms with van der Waals surface area (Å²) in [6.07, 6.45) is 3.17. The topological polar surface area (TPSA) is 60.9 Å². The molecule has 1 aromatic rings. The van der Waals surface area contributed by atoms with E-state index in [2.05, 4.69) is 4.90 Å². The van der Waals surface area contributed by atoms with Gasteiger partial charge in [0.15, 0.2) is 0 Å². The first-order chi connectivity index (χ1) is 11.8. The molecule has 6 nitrogen and oxygen atoms in total. The standard InChI is InChI=1S/C17H24FN3O3S/c1-25(23,24)21-11-9-19(10-12-21)17(22)13-20-8-2-3-16(20)14-4-6-15(18)7-5-14/h4-7,16H,2-3,8-13H2,1H3/t16-/m0/s1. The Hall–Kier alpha value is -1.51. The van der Waals surface area contributed by atoms with Crippen molar-refractivity contribution in [3.63, 3.8) is 0 Å². The predicted octanol–water partition coefficient (Wildman–Crippen LogP) is 1.07. The van der Waals surface area contributed by atoms with Crippen molar-refractivity contribution >= 4 is 15.9 Å². The van der Waals surface area contributed by atoms with Gasteiger partial charge in [0.1, 0.15) is 5.82 Å². The van der Waals surface area contributed by atoms with Crippen LogP contribution in [0.1, 0.15) is 24.4 Å². The highest BCUT2D eigenvalue weighted by Crippen LogP contribution is 2.31. The lowest BCUT2D eigenvalue weighted by Gasteiger charge is -2.35. The van der Waals surface area contributed by atoms with Gasteiger partial charge in [-0.2, -0.15) is 4.31 Å². The fourth-order valence-corrected chi connectivity index (χ4v) is 4.45. The Bertz CT molecular complexity index is 715. The second-order valence-electron chi connectivity index (χ2n) is 6.72. The lowest BCUT2D eigenvalue weighted by molar-refractivity contribution is -0.133. The molecule has 0 spiro atoms. The lowest BCUT2D eigenvalue weighted by Crippen LogP contribution is -2.52. The minimum atomic E-state index is -3.19. The maximum Gasteiger partial charge on any atom is 0.236 e. The molecule has 2 saturated heterocycles. The molecule has 0 N–H and O–H groups in total. The Balaban J connectivity index is 1.58. The van der Waals surface area contributed by atoms with E-state index in [0.29, 0.717) is 32.7 Å². The number of nitrogens with zero attached hydrogens (tertiary/aromatic N) is 3. The molecule has 2 aliphatic rings. The molecule has 0 bridgehead atoms. The maximum atomic E-state index is 13.1. The zero-order chi connectivity index (χ0) is 18.0. The number of piperazine rings is 1. The first-order valence-electron chi connectivity index (χ1n) is 8.57. The van der Waals surface area contributed by atoms with Crippen LogP contribution in [0.2, 0.25) is 0 Å². The van der Waals surface area contributed by atoms with E-state index < -0.39 is 10.0 Å². The largest absolute Gasteiger partial charge is 0.339 e. The first kappa shape index (κ1) is 18.3. The van der Waals surface area contributed by atoms with Crippen LogP contribution in [0.4, 0.5) is 4.39 Å². The van der Waals surface area contributed by atoms with Crippen LogP contribution in [0.25, 0.3) is 0 Å². The molecule has 138 valence electrons. The SMILES string of the molecule is CS(=O)(=O)N1CCN(C(=O)CN2CCC[C@H]2c2ccc(F)cc2)CC1. The Morgan fingerprint density at radius 1 is 1.12 bits per heavy atom. The number of sulfonamides is 1. The van der Waals surface area contributed by atoms with Gasteiger partial charge in [0, 0.05) is 32.2 Å². The van der Waals surface area contributed by atoms with Crippen LogP contribution in [0.5, 0.6) is 0 Å². The summed E-state index contributed by atoms with van der Waals surface area (Å²) in [7, 11) is -3.19. The molecule has 25 heavy (non-hydrogen) atoms. The summed E-state index contributed by atoms with van der Waals surface area (Å²) in [6, 6.07) is 6.62. The number of carbonyl (C=O) groups excluding carboxylic acids is 1. The molecule has 8 heteroatoms. The van der Waals surface area contributed by atoms with E-state index in [9.17, 15) is 17.6 Å². The zero-order valence-electron chi connectivity index (χ0n) is 14.4. The van der Waals surface area contributed by atoms with Crippen molar-refractivity contribution in [3.05, 3.63) is 35.6 Å². The monoisotopic (exact) mass is 369 g/mol. The highest BCUT2D eigenvalue weighted by Gasteiger charge is 2.31. The second-order valence-corrected chi connectivity index (χ2v) is 8.71. The summed E-state index contributed by atoms with van der Waals surface area (Å²) >= 11 is 0. The Labute approximate surface area is 148 Å². The van der Waals surface area contributed by atoms with Gasteiger partial charge < -0.3 is 4.90 Å². The minimum absolute atomic E-state index is 0.0298. The van der Waals surface area contributed by atoms with Gasteiger partial charge in [-0.15, -0.1) is 0 Å². The third-order valence-electron chi connectivity index (χ3n) is 5.02. The van der Waals surface area contributed by atoms with Crippen LogP contribution >= 0.6 is 0 Å². The molecule has 2 aliphatic heterocycles.